The number of quaternary nitrogens is 1. The van der Waals surface area contributed by atoms with Crippen LogP contribution in [-0.4, -0.2) is 35.7 Å². The minimum Gasteiger partial charge on any atom is -0.465 e. The van der Waals surface area contributed by atoms with E-state index in [0.717, 1.165) is 5.56 Å². The molecule has 0 fully saturated rings. The third-order valence-corrected chi connectivity index (χ3v) is 6.07. The number of pyridine rings is 1. The van der Waals surface area contributed by atoms with Crippen LogP contribution in [0.15, 0.2) is 67.0 Å². The lowest BCUT2D eigenvalue weighted by molar-refractivity contribution is -1.08. The number of rotatable bonds is 9. The topological polar surface area (TPSA) is 104 Å². The van der Waals surface area contributed by atoms with Crippen LogP contribution >= 0.6 is 11.8 Å². The molecule has 156 valence electrons. The first-order valence-electron chi connectivity index (χ1n) is 9.10. The maximum atomic E-state index is 12.7. The molecular weight excluding hydrogens is 404 g/mol. The van der Waals surface area contributed by atoms with Crippen molar-refractivity contribution in [2.45, 2.75) is 11.5 Å². The van der Waals surface area contributed by atoms with Crippen molar-refractivity contribution in [2.75, 3.05) is 19.5 Å². The van der Waals surface area contributed by atoms with Gasteiger partial charge in [-0.25, -0.2) is 9.59 Å². The van der Waals surface area contributed by atoms with E-state index < -0.39 is 15.6 Å². The van der Waals surface area contributed by atoms with Crippen LogP contribution < -0.4 is 11.1 Å². The quantitative estimate of drug-likeness (QED) is 0.157. The predicted octanol–water partition coefficient (Wildman–Crippen LogP) is 2.66. The van der Waals surface area contributed by atoms with Gasteiger partial charge < -0.3 is 15.8 Å². The first kappa shape index (κ1) is 21.6. The average molecular weight is 428 g/mol. The molecule has 0 radical (unpaired) electrons. The molecule has 3 N–H and O–H groups in total. The molecular formula is C21H23N4O4S+. The fourth-order valence-electron chi connectivity index (χ4n) is 3.35. The normalized spacial score (nSPS) is 19.5. The van der Waals surface area contributed by atoms with Gasteiger partial charge >= 0.3 is 12.4 Å². The molecule has 2 unspecified atom stereocenters. The molecule has 0 saturated carbocycles. The third kappa shape index (κ3) is 3.70. The van der Waals surface area contributed by atoms with E-state index in [0.29, 0.717) is 17.7 Å². The number of ether oxygens (including phenoxy) is 1. The van der Waals surface area contributed by atoms with Crippen molar-refractivity contribution in [2.24, 2.45) is 0 Å². The van der Waals surface area contributed by atoms with Crippen molar-refractivity contribution >= 4 is 29.8 Å². The summed E-state index contributed by atoms with van der Waals surface area (Å²) in [5.74, 6) is -0.548. The van der Waals surface area contributed by atoms with Crippen molar-refractivity contribution in [1.82, 2.24) is 10.3 Å². The van der Waals surface area contributed by atoms with E-state index in [2.05, 4.69) is 16.9 Å². The monoisotopic (exact) mass is 427 g/mol. The lowest BCUT2D eigenvalue weighted by Crippen LogP contribution is -2.63. The average Bonchev–Trinajstić information content (AvgIpc) is 3.29. The number of thioether (sulfide) groups is 1. The van der Waals surface area contributed by atoms with Crippen molar-refractivity contribution in [3.63, 3.8) is 0 Å². The first-order chi connectivity index (χ1) is 14.5. The number of methoxy groups -OCH3 is 1. The Bertz CT molecular complexity index is 959. The molecule has 8 nitrogen and oxygen atoms in total. The van der Waals surface area contributed by atoms with Crippen LogP contribution in [0.25, 0.3) is 0 Å². The zero-order valence-corrected chi connectivity index (χ0v) is 17.3. The maximum Gasteiger partial charge on any atom is 0.338 e. The molecule has 3 rings (SSSR count). The van der Waals surface area contributed by atoms with Gasteiger partial charge in [0.1, 0.15) is 13.2 Å². The standard InChI is InChI=1S/C21H23N4O4S/c1-3-12-29-25(15-26,14-18-17(20(27)28-2)5-4-6-19(18)22)21(24-11-13-30-21)16-7-9-23-10-8-16/h3-11,13,15,24H,1,12,14,22H2,2H3/q+1. The van der Waals surface area contributed by atoms with Gasteiger partial charge in [-0.15, -0.1) is 6.58 Å². The van der Waals surface area contributed by atoms with Crippen LogP contribution in [0.5, 0.6) is 0 Å². The Morgan fingerprint density at radius 1 is 1.37 bits per heavy atom. The van der Waals surface area contributed by atoms with Gasteiger partial charge in [0.05, 0.1) is 18.2 Å². The fraction of sp³-hybridized carbons (Fsp3) is 0.190. The molecule has 2 atom stereocenters. The van der Waals surface area contributed by atoms with Gasteiger partial charge in [-0.05, 0) is 41.4 Å². The van der Waals surface area contributed by atoms with Gasteiger partial charge in [-0.2, -0.15) is 4.84 Å². The number of hydroxylamine groups is 3. The molecule has 1 aromatic carbocycles. The van der Waals surface area contributed by atoms with Crippen LogP contribution in [0, 0.1) is 0 Å². The van der Waals surface area contributed by atoms with E-state index in [-0.39, 0.29) is 18.7 Å². The molecule has 0 spiro atoms. The van der Waals surface area contributed by atoms with Gasteiger partial charge in [0.15, 0.2) is 0 Å². The van der Waals surface area contributed by atoms with E-state index in [4.69, 9.17) is 15.3 Å². The third-order valence-electron chi connectivity index (χ3n) is 4.79. The highest BCUT2D eigenvalue weighted by Gasteiger charge is 2.58. The summed E-state index contributed by atoms with van der Waals surface area (Å²) in [5, 5.41) is 5.11. The number of nitrogen functional groups attached to an aromatic ring is 1. The predicted molar refractivity (Wildman–Crippen MR) is 114 cm³/mol. The molecule has 0 aliphatic carbocycles. The van der Waals surface area contributed by atoms with E-state index in [1.165, 1.54) is 18.9 Å². The van der Waals surface area contributed by atoms with Gasteiger partial charge in [-0.1, -0.05) is 16.8 Å². The summed E-state index contributed by atoms with van der Waals surface area (Å²) in [6.45, 7) is 3.76. The zero-order valence-electron chi connectivity index (χ0n) is 16.5. The van der Waals surface area contributed by atoms with Gasteiger partial charge in [0.2, 0.25) is 0 Å². The highest BCUT2D eigenvalue weighted by molar-refractivity contribution is 8.03. The summed E-state index contributed by atoms with van der Waals surface area (Å²) in [5.41, 5.74) is 8.05. The van der Waals surface area contributed by atoms with Crippen molar-refractivity contribution in [3.8, 4) is 0 Å². The molecule has 1 aliphatic heterocycles. The molecule has 1 aromatic heterocycles. The van der Waals surface area contributed by atoms with Gasteiger partial charge in [0, 0.05) is 29.8 Å². The van der Waals surface area contributed by atoms with E-state index in [1.54, 1.807) is 55.0 Å². The smallest absolute Gasteiger partial charge is 0.338 e. The van der Waals surface area contributed by atoms with E-state index >= 15 is 0 Å². The second kappa shape index (κ2) is 9.12. The van der Waals surface area contributed by atoms with Crippen molar-refractivity contribution in [3.05, 3.63) is 83.7 Å². The SMILES string of the molecule is C=CCO[N+](C=O)(Cc1c(N)cccc1C(=O)OC)C1(c2ccncc2)NC=CS1. The van der Waals surface area contributed by atoms with Crippen LogP contribution in [0.3, 0.4) is 0 Å². The van der Waals surface area contributed by atoms with Crippen LogP contribution in [-0.2, 0) is 25.9 Å². The number of nitrogens with two attached hydrogens (primary N) is 1. The van der Waals surface area contributed by atoms with Crippen LogP contribution in [0.1, 0.15) is 21.5 Å². The van der Waals surface area contributed by atoms with E-state index in [1.807, 2.05) is 5.41 Å². The van der Waals surface area contributed by atoms with Crippen LogP contribution in [0.2, 0.25) is 0 Å². The highest BCUT2D eigenvalue weighted by Crippen LogP contribution is 2.47. The Balaban J connectivity index is 2.20. The molecule has 30 heavy (non-hydrogen) atoms. The molecule has 1 aliphatic rings. The summed E-state index contributed by atoms with van der Waals surface area (Å²) >= 11 is 1.38. The Labute approximate surface area is 178 Å². The fourth-order valence-corrected chi connectivity index (χ4v) is 4.43. The Morgan fingerprint density at radius 2 is 2.13 bits per heavy atom. The number of esters is 1. The summed E-state index contributed by atoms with van der Waals surface area (Å²) < 4.78 is 4.35. The van der Waals surface area contributed by atoms with Gasteiger partial charge in [-0.3, -0.25) is 4.98 Å². The molecule has 2 heterocycles. The number of carbonyl (C=O) groups is 2. The minimum atomic E-state index is -1.07. The largest absolute Gasteiger partial charge is 0.465 e. The van der Waals surface area contributed by atoms with Gasteiger partial charge in [0.25, 0.3) is 4.99 Å². The highest BCUT2D eigenvalue weighted by atomic mass is 32.2. The molecule has 1 amide bonds. The maximum absolute atomic E-state index is 12.7. The lowest BCUT2D eigenvalue weighted by Gasteiger charge is -2.43. The second-order valence-electron chi connectivity index (χ2n) is 6.45. The Hall–Kier alpha value is -3.14. The lowest BCUT2D eigenvalue weighted by atomic mass is 10.0. The number of benzene rings is 1. The molecule has 2 aromatic rings. The number of anilines is 1. The zero-order chi connectivity index (χ0) is 21.6. The number of amides is 1. The summed E-state index contributed by atoms with van der Waals surface area (Å²) in [7, 11) is 1.29. The Kier molecular flexibility index (Phi) is 6.56. The minimum absolute atomic E-state index is 0.0293. The number of hydrogen-bond donors (Lipinski definition) is 2. The summed E-state index contributed by atoms with van der Waals surface area (Å²) in [6, 6.07) is 8.54. The van der Waals surface area contributed by atoms with Crippen LogP contribution in [0.4, 0.5) is 5.69 Å². The molecule has 9 heteroatoms. The first-order valence-corrected chi connectivity index (χ1v) is 9.98. The number of nitrogens with zero attached hydrogens (tertiary/aromatic N) is 2. The Morgan fingerprint density at radius 3 is 2.73 bits per heavy atom. The van der Waals surface area contributed by atoms with E-state index in [9.17, 15) is 9.59 Å². The molecule has 0 bridgehead atoms. The number of hydrogen-bond acceptors (Lipinski definition) is 8. The number of nitrogens with one attached hydrogen (secondary N) is 1. The van der Waals surface area contributed by atoms with Crippen molar-refractivity contribution in [1.29, 1.82) is 0 Å². The number of carbonyl (C=O) groups excluding carboxylic acids is 2. The number of aromatic nitrogens is 1. The summed E-state index contributed by atoms with van der Waals surface area (Å²) in [4.78, 5) is 34.2. The van der Waals surface area contributed by atoms with Crippen molar-refractivity contribution < 1.29 is 23.8 Å². The second-order valence-corrected chi connectivity index (χ2v) is 7.55. The summed E-state index contributed by atoms with van der Waals surface area (Å²) in [6.07, 6.45) is 7.28. The molecule has 0 saturated heterocycles.